The number of nitrogens with zero attached hydrogens (tertiary/aromatic N) is 9. The molecule has 6 bridgehead atoms. The number of hydrogen-bond donors (Lipinski definition) is 2. The average Bonchev–Trinajstić information content (AvgIpc) is 2.17. The maximum atomic E-state index is 17.2. The molecule has 3 amide bonds. The van der Waals surface area contributed by atoms with E-state index in [9.17, 15) is 14.4 Å². The van der Waals surface area contributed by atoms with Gasteiger partial charge in [0.2, 0.25) is 11.8 Å². The Labute approximate surface area is 494 Å². The van der Waals surface area contributed by atoms with Crippen molar-refractivity contribution in [2.24, 2.45) is 17.3 Å². The number of methoxy groups -OCH3 is 1. The Morgan fingerprint density at radius 2 is 1.71 bits per heavy atom. The Morgan fingerprint density at radius 1 is 1.00 bits per heavy atom. The van der Waals surface area contributed by atoms with Gasteiger partial charge in [-0.1, -0.05) is 47.1 Å². The summed E-state index contributed by atoms with van der Waals surface area (Å²) in [4.78, 5) is 77.6. The molecule has 2 N–H and O–H groups in total. The molecule has 8 heterocycles. The van der Waals surface area contributed by atoms with E-state index < -0.39 is 52.8 Å². The highest BCUT2D eigenvalue weighted by Crippen LogP contribution is 2.48. The summed E-state index contributed by atoms with van der Waals surface area (Å²) in [6.07, 6.45) is 8.46. The number of carbonyl (C=O) groups excluding carboxylic acids is 4. The standard InChI is InChI=1S/C61H83F2N11O6S.C2H6.H2/c1-10-73-49-30-45(62)42-29-41(49)44(54(73)43-28-40(33-64-51(43)37(3)79-9)71-26-24-68(6)25-27-71)32-60(4,5)35-80-58(77)46-16-13-21-74(67-46)36(2)47(31-50-65-48(42)34-81-50)66-56(75)53(38-14-11-12-15-38)70(8)59(78)61(63)19-22-72(23-20-61)57(76)55-52(69(55)7)39-17-18-39;1-2;/h28-30,33-34,37-39,46-47,52-53,55,67H,2,10-27,31-32,35H2,1,3-9H3,(H,66,75);1-2H3;1H/t37-,46-,47-,52+,53-,55+,69?;;/m0../s1. The SMILES string of the molecule is C=C1[C@@H](NC(=O)[C@H](C2CCCC2)N(C)C(=O)C2(F)CCN(C(=O)[C@H]3[C@@H](C4CC4)N3C)CC2)Cc2nc(cs2)-c2cc3c(c(-c4cc(N5CCN(C)CC5)cnc4[C@H](C)OC)n(CC)c3cc2F)CC(C)(C)COC(=O)[C@@H]2CCCN1N2.CC.[HH]. The monoisotopic (exact) mass is 1170 g/mol. The molecule has 1 aromatic carbocycles. The molecule has 11 rings (SSSR count). The van der Waals surface area contributed by atoms with Crippen molar-refractivity contribution in [2.45, 2.75) is 167 Å². The van der Waals surface area contributed by atoms with E-state index in [1.54, 1.807) is 18.1 Å². The van der Waals surface area contributed by atoms with E-state index in [1.807, 2.05) is 50.5 Å². The number of carbonyl (C=O) groups is 4. The number of cyclic esters (lactones) is 1. The summed E-state index contributed by atoms with van der Waals surface area (Å²) in [7, 11) is 7.32. The summed E-state index contributed by atoms with van der Waals surface area (Å²) < 4.78 is 48.7. The van der Waals surface area contributed by atoms with Crippen LogP contribution in [-0.2, 0) is 48.0 Å². The quantitative estimate of drug-likeness (QED) is 0.102. The van der Waals surface area contributed by atoms with Crippen LogP contribution in [0.5, 0.6) is 0 Å². The number of aromatic nitrogens is 3. The third-order valence-corrected chi connectivity index (χ3v) is 19.8. The van der Waals surface area contributed by atoms with Gasteiger partial charge in [-0.2, -0.15) is 0 Å². The number of halogens is 2. The third kappa shape index (κ3) is 12.3. The van der Waals surface area contributed by atoms with E-state index in [0.717, 1.165) is 91.0 Å². The lowest BCUT2D eigenvalue weighted by molar-refractivity contribution is -0.155. The zero-order valence-electron chi connectivity index (χ0n) is 50.7. The molecule has 20 heteroatoms. The summed E-state index contributed by atoms with van der Waals surface area (Å²) in [5.41, 5.74) is 7.04. The number of thiazole rings is 1. The van der Waals surface area contributed by atoms with E-state index in [0.29, 0.717) is 73.1 Å². The molecule has 83 heavy (non-hydrogen) atoms. The molecule has 2 saturated carbocycles. The van der Waals surface area contributed by atoms with Gasteiger partial charge in [-0.15, -0.1) is 11.3 Å². The topological polar surface area (TPSA) is 161 Å². The maximum absolute atomic E-state index is 17.2. The Morgan fingerprint density at radius 3 is 2.39 bits per heavy atom. The van der Waals surface area contributed by atoms with Gasteiger partial charge in [0.05, 0.1) is 58.2 Å². The van der Waals surface area contributed by atoms with Crippen molar-refractivity contribution in [1.82, 2.24) is 49.9 Å². The highest BCUT2D eigenvalue weighted by molar-refractivity contribution is 7.10. The first-order chi connectivity index (χ1) is 39.8. The van der Waals surface area contributed by atoms with Gasteiger partial charge in [0, 0.05) is 126 Å². The normalized spacial score (nSPS) is 25.7. The summed E-state index contributed by atoms with van der Waals surface area (Å²) in [5, 5.41) is 8.38. The van der Waals surface area contributed by atoms with Gasteiger partial charge in [-0.05, 0) is 108 Å². The van der Waals surface area contributed by atoms with E-state index in [1.165, 1.54) is 23.3 Å². The predicted molar refractivity (Wildman–Crippen MR) is 323 cm³/mol. The number of rotatable bonds is 12. The van der Waals surface area contributed by atoms with Gasteiger partial charge < -0.3 is 44.0 Å². The summed E-state index contributed by atoms with van der Waals surface area (Å²) in [6, 6.07) is 3.29. The first-order valence-electron chi connectivity index (χ1n) is 30.7. The fraction of sp³-hybridized carbons (Fsp3) is 0.651. The molecule has 3 aromatic heterocycles. The molecule has 5 aliphatic heterocycles. The Bertz CT molecular complexity index is 3060. The van der Waals surface area contributed by atoms with Crippen LogP contribution in [0.4, 0.5) is 14.5 Å². The van der Waals surface area contributed by atoms with Crippen LogP contribution >= 0.6 is 11.3 Å². The predicted octanol–water partition coefficient (Wildman–Crippen LogP) is 8.79. The smallest absolute Gasteiger partial charge is 0.324 e. The van der Waals surface area contributed by atoms with Gasteiger partial charge in [-0.3, -0.25) is 29.1 Å². The number of likely N-dealkylation sites (N-methyl/N-ethyl adjacent to an activating group) is 3. The number of amides is 3. The number of aryl methyl sites for hydroxylation is 1. The molecule has 7 atom stereocenters. The van der Waals surface area contributed by atoms with Crippen molar-refractivity contribution in [1.29, 1.82) is 0 Å². The molecule has 0 radical (unpaired) electrons. The van der Waals surface area contributed by atoms with Crippen molar-refractivity contribution in [3.05, 3.63) is 64.1 Å². The highest BCUT2D eigenvalue weighted by atomic mass is 32.1. The van der Waals surface area contributed by atoms with Crippen molar-refractivity contribution < 1.29 is 38.9 Å². The fourth-order valence-electron chi connectivity index (χ4n) is 13.9. The van der Waals surface area contributed by atoms with Crippen LogP contribution in [0, 0.1) is 23.1 Å². The Kier molecular flexibility index (Phi) is 18.1. The molecule has 17 nitrogen and oxygen atoms in total. The lowest BCUT2D eigenvalue weighted by Gasteiger charge is -2.41. The number of likely N-dealkylation sites (tertiary alicyclic amines) is 1. The Hall–Kier alpha value is -5.54. The zero-order valence-corrected chi connectivity index (χ0v) is 51.5. The van der Waals surface area contributed by atoms with Gasteiger partial charge in [0.25, 0.3) is 5.91 Å². The number of nitrogens with one attached hydrogen (secondary N) is 2. The largest absolute Gasteiger partial charge is 0.464 e. The molecular formula is C63H91F2N11O6S. The molecule has 2 aliphatic carbocycles. The van der Waals surface area contributed by atoms with Crippen molar-refractivity contribution >= 4 is 51.6 Å². The van der Waals surface area contributed by atoms with Crippen LogP contribution in [-0.4, -0.2) is 179 Å². The highest BCUT2D eigenvalue weighted by Gasteiger charge is 2.58. The van der Waals surface area contributed by atoms with Crippen molar-refractivity contribution in [3.63, 3.8) is 0 Å². The van der Waals surface area contributed by atoms with Gasteiger partial charge in [0.15, 0.2) is 5.67 Å². The number of hydrogen-bond acceptors (Lipinski definition) is 14. The number of anilines is 1. The molecule has 7 aliphatic rings. The van der Waals surface area contributed by atoms with E-state index in [2.05, 4.69) is 70.5 Å². The third-order valence-electron chi connectivity index (χ3n) is 18.9. The number of fused-ring (bicyclic) bond motifs is 6. The number of alkyl halides is 1. The van der Waals surface area contributed by atoms with Crippen molar-refractivity contribution in [2.75, 3.05) is 85.6 Å². The van der Waals surface area contributed by atoms with Crippen LogP contribution in [0.1, 0.15) is 130 Å². The first-order valence-corrected chi connectivity index (χ1v) is 31.6. The van der Waals surface area contributed by atoms with Gasteiger partial charge >= 0.3 is 5.97 Å². The number of hydrazine groups is 1. The number of piperazine rings is 1. The van der Waals surface area contributed by atoms with Crippen LogP contribution in [0.25, 0.3) is 33.4 Å². The lowest BCUT2D eigenvalue weighted by Crippen LogP contribution is -2.61. The van der Waals surface area contributed by atoms with Gasteiger partial charge in [0.1, 0.15) is 23.9 Å². The minimum absolute atomic E-state index is 0. The van der Waals surface area contributed by atoms with Crippen LogP contribution in [0.3, 0.4) is 0 Å². The first kappa shape index (κ1) is 60.6. The van der Waals surface area contributed by atoms with E-state index >= 15 is 13.6 Å². The fourth-order valence-corrected chi connectivity index (χ4v) is 14.7. The number of benzene rings is 1. The minimum Gasteiger partial charge on any atom is -0.464 e. The van der Waals surface area contributed by atoms with Crippen LogP contribution in [0.15, 0.2) is 42.1 Å². The van der Waals surface area contributed by atoms with Crippen molar-refractivity contribution in [3.8, 4) is 22.5 Å². The molecular weight excluding hydrogens is 1080 g/mol. The lowest BCUT2D eigenvalue weighted by atomic mass is 9.84. The molecule has 6 fully saturated rings. The summed E-state index contributed by atoms with van der Waals surface area (Å²) in [5.74, 6) is -1.70. The second kappa shape index (κ2) is 24.8. The number of piperidine rings is 1. The maximum Gasteiger partial charge on any atom is 0.324 e. The number of pyridine rings is 1. The minimum atomic E-state index is -2.25. The second-order valence-electron chi connectivity index (χ2n) is 25.2. The molecule has 0 spiro atoms. The zero-order chi connectivity index (χ0) is 59.2. The molecule has 1 unspecified atom stereocenters. The van der Waals surface area contributed by atoms with Crippen LogP contribution < -0.4 is 15.6 Å². The second-order valence-corrected chi connectivity index (χ2v) is 26.1. The Balaban J connectivity index is 0.00000279. The summed E-state index contributed by atoms with van der Waals surface area (Å²) >= 11 is 1.35. The number of ether oxygens (including phenoxy) is 2. The van der Waals surface area contributed by atoms with E-state index in [-0.39, 0.29) is 70.4 Å². The summed E-state index contributed by atoms with van der Waals surface area (Å²) in [6.45, 7) is 21.7. The average molecular weight is 1170 g/mol. The molecule has 454 valence electrons. The molecule has 4 aromatic rings. The molecule has 4 saturated heterocycles. The van der Waals surface area contributed by atoms with Crippen LogP contribution in [0.2, 0.25) is 0 Å². The van der Waals surface area contributed by atoms with E-state index in [4.69, 9.17) is 19.4 Å². The van der Waals surface area contributed by atoms with Gasteiger partial charge in [-0.25, -0.2) is 19.2 Å². The number of esters is 1.